The fraction of sp³-hybridized carbons (Fsp3) is 0.588. The van der Waals surface area contributed by atoms with E-state index in [2.05, 4.69) is 25.2 Å². The number of rotatable bonds is 10. The molecule has 0 saturated carbocycles. The van der Waals surface area contributed by atoms with E-state index in [0.717, 1.165) is 24.3 Å². The lowest BCUT2D eigenvalue weighted by atomic mass is 9.88. The van der Waals surface area contributed by atoms with Crippen molar-refractivity contribution >= 4 is 11.8 Å². The van der Waals surface area contributed by atoms with Crippen molar-refractivity contribution in [2.75, 3.05) is 18.1 Å². The Bertz CT molecular complexity index is 399. The number of thioether (sulfide) groups is 1. The van der Waals surface area contributed by atoms with Gasteiger partial charge >= 0.3 is 0 Å². The number of unbranched alkanes of at least 4 members (excludes halogenated alkanes) is 2. The first-order chi connectivity index (χ1) is 9.79. The van der Waals surface area contributed by atoms with E-state index < -0.39 is 5.54 Å². The van der Waals surface area contributed by atoms with Crippen LogP contribution in [0.3, 0.4) is 0 Å². The number of hydrogen-bond donors (Lipinski definition) is 1. The standard InChI is InChI=1S/C17H26N2S/c1-3-5-9-13-20-14-12-17(15-18,19-4-2)16-10-7-6-8-11-16/h6-8,10-11,19H,3-5,9,12-14H2,1-2H3. The van der Waals surface area contributed by atoms with Gasteiger partial charge < -0.3 is 0 Å². The van der Waals surface area contributed by atoms with E-state index in [1.165, 1.54) is 25.0 Å². The van der Waals surface area contributed by atoms with E-state index in [0.29, 0.717) is 0 Å². The van der Waals surface area contributed by atoms with Crippen LogP contribution < -0.4 is 5.32 Å². The number of nitrogens with one attached hydrogen (secondary N) is 1. The highest BCUT2D eigenvalue weighted by atomic mass is 32.2. The Kier molecular flexibility index (Phi) is 8.41. The molecule has 0 spiro atoms. The summed E-state index contributed by atoms with van der Waals surface area (Å²) in [7, 11) is 0. The Labute approximate surface area is 128 Å². The molecule has 0 saturated heterocycles. The summed E-state index contributed by atoms with van der Waals surface area (Å²) in [4.78, 5) is 0. The molecular formula is C17H26N2S. The van der Waals surface area contributed by atoms with Gasteiger partial charge in [-0.1, -0.05) is 57.0 Å². The van der Waals surface area contributed by atoms with Gasteiger partial charge in [0.15, 0.2) is 0 Å². The van der Waals surface area contributed by atoms with Gasteiger partial charge in [-0.15, -0.1) is 0 Å². The molecule has 1 atom stereocenters. The third-order valence-electron chi connectivity index (χ3n) is 3.45. The molecule has 1 N–H and O–H groups in total. The second kappa shape index (κ2) is 9.85. The van der Waals surface area contributed by atoms with Crippen molar-refractivity contribution in [2.24, 2.45) is 0 Å². The molecule has 1 aromatic carbocycles. The Hall–Kier alpha value is -0.980. The summed E-state index contributed by atoms with van der Waals surface area (Å²) in [6.07, 6.45) is 4.72. The smallest absolute Gasteiger partial charge is 0.133 e. The maximum absolute atomic E-state index is 9.68. The molecule has 0 fully saturated rings. The second-order valence-corrected chi connectivity index (χ2v) is 6.21. The van der Waals surface area contributed by atoms with Crippen LogP contribution in [-0.2, 0) is 5.54 Å². The molecule has 1 rings (SSSR count). The van der Waals surface area contributed by atoms with Crippen molar-refractivity contribution in [1.82, 2.24) is 5.32 Å². The largest absolute Gasteiger partial charge is 0.296 e. The van der Waals surface area contributed by atoms with E-state index in [4.69, 9.17) is 0 Å². The van der Waals surface area contributed by atoms with E-state index >= 15 is 0 Å². The summed E-state index contributed by atoms with van der Waals surface area (Å²) in [5, 5.41) is 13.1. The first kappa shape index (κ1) is 17.1. The molecule has 0 amide bonds. The van der Waals surface area contributed by atoms with Crippen LogP contribution in [0, 0.1) is 11.3 Å². The summed E-state index contributed by atoms with van der Waals surface area (Å²) in [6, 6.07) is 12.6. The summed E-state index contributed by atoms with van der Waals surface area (Å²) >= 11 is 1.96. The molecule has 110 valence electrons. The Morgan fingerprint density at radius 1 is 1.15 bits per heavy atom. The lowest BCUT2D eigenvalue weighted by Crippen LogP contribution is -2.41. The van der Waals surface area contributed by atoms with E-state index in [1.54, 1.807) is 0 Å². The topological polar surface area (TPSA) is 35.8 Å². The van der Waals surface area contributed by atoms with Gasteiger partial charge in [0.05, 0.1) is 6.07 Å². The summed E-state index contributed by atoms with van der Waals surface area (Å²) < 4.78 is 0. The quantitative estimate of drug-likeness (QED) is 0.652. The van der Waals surface area contributed by atoms with E-state index in [9.17, 15) is 5.26 Å². The van der Waals surface area contributed by atoms with Gasteiger partial charge in [-0.05, 0) is 36.5 Å². The van der Waals surface area contributed by atoms with Gasteiger partial charge in [0.2, 0.25) is 0 Å². The van der Waals surface area contributed by atoms with Crippen molar-refractivity contribution in [3.63, 3.8) is 0 Å². The maximum Gasteiger partial charge on any atom is 0.133 e. The van der Waals surface area contributed by atoms with Crippen molar-refractivity contribution < 1.29 is 0 Å². The molecule has 2 nitrogen and oxygen atoms in total. The molecule has 1 unspecified atom stereocenters. The molecule has 1 aromatic rings. The van der Waals surface area contributed by atoms with Crippen LogP contribution in [0.15, 0.2) is 30.3 Å². The second-order valence-electron chi connectivity index (χ2n) is 4.98. The van der Waals surface area contributed by atoms with Gasteiger partial charge in [0.25, 0.3) is 0 Å². The Morgan fingerprint density at radius 2 is 1.90 bits per heavy atom. The molecule has 3 heteroatoms. The zero-order valence-corrected chi connectivity index (χ0v) is 13.5. The summed E-state index contributed by atoms with van der Waals surface area (Å²) in [5.41, 5.74) is 0.548. The van der Waals surface area contributed by atoms with Gasteiger partial charge in [0.1, 0.15) is 5.54 Å². The maximum atomic E-state index is 9.68. The molecule has 0 bridgehead atoms. The highest BCUT2D eigenvalue weighted by Crippen LogP contribution is 2.26. The SMILES string of the molecule is CCCCCSCCC(C#N)(NCC)c1ccccc1. The van der Waals surface area contributed by atoms with E-state index in [-0.39, 0.29) is 0 Å². The number of benzene rings is 1. The van der Waals surface area contributed by atoms with Crippen molar-refractivity contribution in [3.05, 3.63) is 35.9 Å². The van der Waals surface area contributed by atoms with Crippen molar-refractivity contribution in [1.29, 1.82) is 5.26 Å². The van der Waals surface area contributed by atoms with Crippen molar-refractivity contribution in [3.8, 4) is 6.07 Å². The highest BCUT2D eigenvalue weighted by Gasteiger charge is 2.30. The van der Waals surface area contributed by atoms with Crippen LogP contribution in [0.1, 0.15) is 45.1 Å². The molecule has 0 aromatic heterocycles. The monoisotopic (exact) mass is 290 g/mol. The first-order valence-electron chi connectivity index (χ1n) is 7.58. The fourth-order valence-corrected chi connectivity index (χ4v) is 3.36. The molecule has 0 radical (unpaired) electrons. The number of nitrogens with zero attached hydrogens (tertiary/aromatic N) is 1. The van der Waals surface area contributed by atoms with Gasteiger partial charge in [-0.3, -0.25) is 5.32 Å². The average Bonchev–Trinajstić information content (AvgIpc) is 2.50. The average molecular weight is 290 g/mol. The molecule has 0 aliphatic carbocycles. The molecule has 0 heterocycles. The van der Waals surface area contributed by atoms with Gasteiger partial charge in [-0.2, -0.15) is 17.0 Å². The van der Waals surface area contributed by atoms with Crippen LogP contribution in [0.2, 0.25) is 0 Å². The third kappa shape index (κ3) is 5.19. The Balaban J connectivity index is 2.59. The first-order valence-corrected chi connectivity index (χ1v) is 8.74. The minimum atomic E-state index is -0.534. The van der Waals surface area contributed by atoms with Gasteiger partial charge in [0, 0.05) is 0 Å². The van der Waals surface area contributed by atoms with Gasteiger partial charge in [-0.25, -0.2) is 0 Å². The highest BCUT2D eigenvalue weighted by molar-refractivity contribution is 7.99. The zero-order chi connectivity index (χ0) is 14.7. The van der Waals surface area contributed by atoms with E-state index in [1.807, 2.05) is 42.1 Å². The minimum Gasteiger partial charge on any atom is -0.296 e. The summed E-state index contributed by atoms with van der Waals surface area (Å²) in [5.74, 6) is 2.23. The Morgan fingerprint density at radius 3 is 2.50 bits per heavy atom. The zero-order valence-electron chi connectivity index (χ0n) is 12.7. The molecule has 0 aliphatic rings. The molecule has 20 heavy (non-hydrogen) atoms. The number of nitriles is 1. The fourth-order valence-electron chi connectivity index (χ4n) is 2.30. The normalized spacial score (nSPS) is 13.7. The predicted molar refractivity (Wildman–Crippen MR) is 88.9 cm³/mol. The molecule has 0 aliphatic heterocycles. The molecular weight excluding hydrogens is 264 g/mol. The summed E-state index contributed by atoms with van der Waals surface area (Å²) in [6.45, 7) is 5.10. The van der Waals surface area contributed by atoms with Crippen LogP contribution in [-0.4, -0.2) is 18.1 Å². The minimum absolute atomic E-state index is 0.534. The third-order valence-corrected chi connectivity index (χ3v) is 4.52. The predicted octanol–water partition coefficient (Wildman–Crippen LogP) is 4.33. The van der Waals surface area contributed by atoms with Crippen LogP contribution in [0.4, 0.5) is 0 Å². The number of hydrogen-bond acceptors (Lipinski definition) is 3. The lowest BCUT2D eigenvalue weighted by Gasteiger charge is -2.28. The van der Waals surface area contributed by atoms with Crippen molar-refractivity contribution in [2.45, 2.75) is 45.1 Å². The van der Waals surface area contributed by atoms with Crippen LogP contribution in [0.25, 0.3) is 0 Å². The van der Waals surface area contributed by atoms with Crippen LogP contribution in [0.5, 0.6) is 0 Å². The lowest BCUT2D eigenvalue weighted by molar-refractivity contribution is 0.428. The van der Waals surface area contributed by atoms with Crippen LogP contribution >= 0.6 is 11.8 Å².